The van der Waals surface area contributed by atoms with E-state index in [1.807, 2.05) is 26.0 Å². The third-order valence-corrected chi connectivity index (χ3v) is 2.61. The fourth-order valence-corrected chi connectivity index (χ4v) is 1.52. The van der Waals surface area contributed by atoms with Crippen LogP contribution in [0.15, 0.2) is 30.5 Å². The number of ketones is 1. The average molecular weight is 250 g/mol. The van der Waals surface area contributed by atoms with Crippen molar-refractivity contribution in [1.82, 2.24) is 15.0 Å². The van der Waals surface area contributed by atoms with Gasteiger partial charge in [-0.2, -0.15) is 0 Å². The maximum Gasteiger partial charge on any atom is 0.187 e. The van der Waals surface area contributed by atoms with E-state index in [-0.39, 0.29) is 11.7 Å². The molecule has 0 N–H and O–H groups in total. The van der Waals surface area contributed by atoms with Gasteiger partial charge >= 0.3 is 0 Å². The monoisotopic (exact) mass is 249 g/mol. The molecule has 0 unspecified atom stereocenters. The van der Waals surface area contributed by atoms with E-state index in [2.05, 4.69) is 10.3 Å². The smallest absolute Gasteiger partial charge is 0.187 e. The quantitative estimate of drug-likeness (QED) is 0.786. The second-order valence-electron chi connectivity index (χ2n) is 4.04. The van der Waals surface area contributed by atoms with Crippen LogP contribution in [0.2, 0.25) is 5.02 Å². The second kappa shape index (κ2) is 4.67. The molecule has 1 aromatic carbocycles. The summed E-state index contributed by atoms with van der Waals surface area (Å²) in [5, 5.41) is 8.45. The molecule has 5 heteroatoms. The molecule has 1 aromatic heterocycles. The third kappa shape index (κ3) is 2.53. The second-order valence-corrected chi connectivity index (χ2v) is 4.48. The predicted molar refractivity (Wildman–Crippen MR) is 65.5 cm³/mol. The summed E-state index contributed by atoms with van der Waals surface area (Å²) in [6.07, 6.45) is 1.63. The van der Waals surface area contributed by atoms with Crippen LogP contribution in [0.5, 0.6) is 0 Å². The van der Waals surface area contributed by atoms with Crippen LogP contribution < -0.4 is 0 Å². The number of Topliss-reactive ketones (excluding diaryl/α,β-unsaturated/α-hetero) is 1. The summed E-state index contributed by atoms with van der Waals surface area (Å²) in [6, 6.07) is 7.17. The lowest BCUT2D eigenvalue weighted by molar-refractivity contribution is 0.0934. The number of hydrogen-bond acceptors (Lipinski definition) is 3. The van der Waals surface area contributed by atoms with Gasteiger partial charge in [0.25, 0.3) is 0 Å². The van der Waals surface area contributed by atoms with Crippen molar-refractivity contribution in [3.8, 4) is 5.69 Å². The molecule has 0 atom stereocenters. The molecule has 1 heterocycles. The zero-order chi connectivity index (χ0) is 12.4. The fraction of sp³-hybridized carbons (Fsp3) is 0.250. The van der Waals surface area contributed by atoms with Gasteiger partial charge in [-0.1, -0.05) is 30.7 Å². The third-order valence-electron chi connectivity index (χ3n) is 2.36. The normalized spacial score (nSPS) is 10.8. The van der Waals surface area contributed by atoms with E-state index in [0.717, 1.165) is 5.69 Å². The van der Waals surface area contributed by atoms with Gasteiger partial charge in [0.2, 0.25) is 0 Å². The highest BCUT2D eigenvalue weighted by molar-refractivity contribution is 6.30. The Morgan fingerprint density at radius 3 is 2.53 bits per heavy atom. The molecule has 17 heavy (non-hydrogen) atoms. The summed E-state index contributed by atoms with van der Waals surface area (Å²) in [6.45, 7) is 3.67. The lowest BCUT2D eigenvalue weighted by Crippen LogP contribution is -2.07. The number of halogens is 1. The van der Waals surface area contributed by atoms with Crippen molar-refractivity contribution in [1.29, 1.82) is 0 Å². The number of carbonyl (C=O) groups is 1. The van der Waals surface area contributed by atoms with Gasteiger partial charge in [0, 0.05) is 10.9 Å². The Morgan fingerprint density at radius 1 is 1.29 bits per heavy atom. The van der Waals surface area contributed by atoms with Crippen molar-refractivity contribution in [2.75, 3.05) is 0 Å². The van der Waals surface area contributed by atoms with Gasteiger partial charge in [0.1, 0.15) is 5.69 Å². The summed E-state index contributed by atoms with van der Waals surface area (Å²) in [7, 11) is 0. The molecule has 88 valence electrons. The van der Waals surface area contributed by atoms with E-state index in [0.29, 0.717) is 10.7 Å². The Kier molecular flexibility index (Phi) is 3.24. The Labute approximate surface area is 104 Å². The lowest BCUT2D eigenvalue weighted by Gasteiger charge is -1.99. The van der Waals surface area contributed by atoms with Gasteiger partial charge < -0.3 is 0 Å². The fourth-order valence-electron chi connectivity index (χ4n) is 1.39. The zero-order valence-electron chi connectivity index (χ0n) is 9.59. The van der Waals surface area contributed by atoms with Crippen LogP contribution in [0.1, 0.15) is 24.3 Å². The van der Waals surface area contributed by atoms with Crippen LogP contribution in [-0.2, 0) is 0 Å². The van der Waals surface area contributed by atoms with Gasteiger partial charge in [-0.25, -0.2) is 4.68 Å². The van der Waals surface area contributed by atoms with Crippen LogP contribution in [0.25, 0.3) is 5.69 Å². The first kappa shape index (κ1) is 11.8. The number of carbonyl (C=O) groups excluding carboxylic acids is 1. The summed E-state index contributed by atoms with van der Waals surface area (Å²) in [4.78, 5) is 11.7. The van der Waals surface area contributed by atoms with Gasteiger partial charge in [-0.3, -0.25) is 4.79 Å². The first-order valence-corrected chi connectivity index (χ1v) is 5.68. The predicted octanol–water partition coefficient (Wildman–Crippen LogP) is 2.76. The van der Waals surface area contributed by atoms with E-state index >= 15 is 0 Å². The number of aromatic nitrogens is 3. The Morgan fingerprint density at radius 2 is 1.94 bits per heavy atom. The van der Waals surface area contributed by atoms with Crippen molar-refractivity contribution < 1.29 is 4.79 Å². The Bertz CT molecular complexity index is 531. The molecule has 0 saturated heterocycles. The minimum Gasteiger partial charge on any atom is -0.292 e. The minimum absolute atomic E-state index is 0.00906. The number of nitrogens with zero attached hydrogens (tertiary/aromatic N) is 3. The molecular formula is C12H12ClN3O. The van der Waals surface area contributed by atoms with Crippen LogP contribution in [-0.4, -0.2) is 20.8 Å². The van der Waals surface area contributed by atoms with Crippen LogP contribution in [0.4, 0.5) is 0 Å². The van der Waals surface area contributed by atoms with E-state index in [4.69, 9.17) is 11.6 Å². The molecule has 0 aliphatic rings. The summed E-state index contributed by atoms with van der Waals surface area (Å²) >= 11 is 5.80. The molecule has 0 amide bonds. The molecule has 2 aromatic rings. The molecule has 2 rings (SSSR count). The lowest BCUT2D eigenvalue weighted by atomic mass is 10.1. The van der Waals surface area contributed by atoms with Crippen LogP contribution >= 0.6 is 11.6 Å². The highest BCUT2D eigenvalue weighted by Gasteiger charge is 2.14. The van der Waals surface area contributed by atoms with Gasteiger partial charge in [-0.15, -0.1) is 5.10 Å². The molecular weight excluding hydrogens is 238 g/mol. The topological polar surface area (TPSA) is 47.8 Å². The molecule has 0 saturated carbocycles. The minimum atomic E-state index is -0.0784. The molecule has 0 radical (unpaired) electrons. The van der Waals surface area contributed by atoms with Crippen molar-refractivity contribution >= 4 is 17.4 Å². The van der Waals surface area contributed by atoms with Gasteiger partial charge in [-0.05, 0) is 24.3 Å². The molecule has 0 bridgehead atoms. The van der Waals surface area contributed by atoms with Crippen molar-refractivity contribution in [3.05, 3.63) is 41.2 Å². The largest absolute Gasteiger partial charge is 0.292 e. The van der Waals surface area contributed by atoms with Crippen molar-refractivity contribution in [3.63, 3.8) is 0 Å². The molecule has 0 fully saturated rings. The maximum atomic E-state index is 11.7. The number of benzene rings is 1. The van der Waals surface area contributed by atoms with Gasteiger partial charge in [0.05, 0.1) is 11.9 Å². The average Bonchev–Trinajstić information content (AvgIpc) is 2.78. The maximum absolute atomic E-state index is 11.7. The molecule has 0 aliphatic carbocycles. The molecule has 0 spiro atoms. The van der Waals surface area contributed by atoms with Crippen molar-refractivity contribution in [2.45, 2.75) is 13.8 Å². The number of hydrogen-bond donors (Lipinski definition) is 0. The van der Waals surface area contributed by atoms with Crippen LogP contribution in [0.3, 0.4) is 0 Å². The highest BCUT2D eigenvalue weighted by Crippen LogP contribution is 2.13. The Balaban J connectivity index is 2.30. The highest BCUT2D eigenvalue weighted by atomic mass is 35.5. The first-order chi connectivity index (χ1) is 8.08. The van der Waals surface area contributed by atoms with Crippen LogP contribution in [0, 0.1) is 5.92 Å². The molecule has 4 nitrogen and oxygen atoms in total. The summed E-state index contributed by atoms with van der Waals surface area (Å²) < 4.78 is 1.56. The van der Waals surface area contributed by atoms with E-state index in [1.165, 1.54) is 0 Å². The van der Waals surface area contributed by atoms with E-state index in [1.54, 1.807) is 23.0 Å². The Hall–Kier alpha value is -1.68. The standard InChI is InChI=1S/C12H12ClN3O/c1-8(2)12(17)11-7-16(15-14-11)10-5-3-9(13)4-6-10/h3-8H,1-2H3. The number of rotatable bonds is 3. The first-order valence-electron chi connectivity index (χ1n) is 5.30. The van der Waals surface area contributed by atoms with Gasteiger partial charge in [0.15, 0.2) is 5.78 Å². The summed E-state index contributed by atoms with van der Waals surface area (Å²) in [5.41, 5.74) is 1.21. The zero-order valence-corrected chi connectivity index (χ0v) is 10.3. The van der Waals surface area contributed by atoms with Crippen molar-refractivity contribution in [2.24, 2.45) is 5.92 Å². The summed E-state index contributed by atoms with van der Waals surface area (Å²) in [5.74, 6) is -0.0874. The SMILES string of the molecule is CC(C)C(=O)c1cn(-c2ccc(Cl)cc2)nn1. The van der Waals surface area contributed by atoms with E-state index < -0.39 is 0 Å². The molecule has 0 aliphatic heterocycles. The van der Waals surface area contributed by atoms with E-state index in [9.17, 15) is 4.79 Å².